The number of H-pyrrole nitrogens is 1. The van der Waals surface area contributed by atoms with E-state index in [-0.39, 0.29) is 0 Å². The first-order valence-electron chi connectivity index (χ1n) is 8.66. The molecule has 2 N–H and O–H groups in total. The van der Waals surface area contributed by atoms with Gasteiger partial charge < -0.3 is 10.2 Å². The molecule has 2 aromatic rings. The van der Waals surface area contributed by atoms with Crippen LogP contribution in [-0.2, 0) is 6.42 Å². The Morgan fingerprint density at radius 1 is 1.29 bits per heavy atom. The smallest absolute Gasteiger partial charge is 0.182 e. The quantitative estimate of drug-likeness (QED) is 0.776. The van der Waals surface area contributed by atoms with Crippen LogP contribution < -0.4 is 5.32 Å². The number of nitrogens with zero attached hydrogens (tertiary/aromatic N) is 5. The van der Waals surface area contributed by atoms with Gasteiger partial charge in [0.15, 0.2) is 5.82 Å². The van der Waals surface area contributed by atoms with Gasteiger partial charge in [-0.15, -0.1) is 0 Å². The lowest BCUT2D eigenvalue weighted by atomic mass is 10.2. The highest BCUT2D eigenvalue weighted by atomic mass is 15.3. The highest BCUT2D eigenvalue weighted by molar-refractivity contribution is 5.52. The SMILES string of the molecule is CC(CN1CCN(C)CC1)NCCc1nc(-c2cccnc2)n[nH]1. The summed E-state index contributed by atoms with van der Waals surface area (Å²) in [7, 11) is 2.19. The first-order valence-corrected chi connectivity index (χ1v) is 8.66. The summed E-state index contributed by atoms with van der Waals surface area (Å²) in [5.41, 5.74) is 0.941. The summed E-state index contributed by atoms with van der Waals surface area (Å²) in [6.45, 7) is 8.92. The Kier molecular flexibility index (Phi) is 5.90. The minimum Gasteiger partial charge on any atom is -0.313 e. The number of pyridine rings is 1. The average molecular weight is 329 g/mol. The summed E-state index contributed by atoms with van der Waals surface area (Å²) < 4.78 is 0. The Balaban J connectivity index is 1.39. The van der Waals surface area contributed by atoms with Crippen LogP contribution in [0.4, 0.5) is 0 Å². The minimum absolute atomic E-state index is 0.481. The van der Waals surface area contributed by atoms with Crippen molar-refractivity contribution in [2.45, 2.75) is 19.4 Å². The zero-order valence-corrected chi connectivity index (χ0v) is 14.6. The lowest BCUT2D eigenvalue weighted by molar-refractivity contribution is 0.144. The molecule has 0 aliphatic carbocycles. The van der Waals surface area contributed by atoms with E-state index in [0.717, 1.165) is 30.9 Å². The van der Waals surface area contributed by atoms with Crippen molar-refractivity contribution in [1.29, 1.82) is 0 Å². The molecule has 1 aliphatic heterocycles. The summed E-state index contributed by atoms with van der Waals surface area (Å²) in [5.74, 6) is 1.62. The molecular formula is C17H27N7. The molecule has 1 saturated heterocycles. The normalized spacial score (nSPS) is 17.9. The standard InChI is InChI=1S/C17H27N7/c1-14(13-24-10-8-23(2)9-11-24)19-7-5-16-20-17(22-21-16)15-4-3-6-18-12-15/h3-4,6,12,14,19H,5,7-11,13H2,1-2H3,(H,20,21,22). The van der Waals surface area contributed by atoms with Crippen LogP contribution >= 0.6 is 0 Å². The fourth-order valence-electron chi connectivity index (χ4n) is 2.95. The van der Waals surface area contributed by atoms with Crippen LogP contribution in [0.3, 0.4) is 0 Å². The van der Waals surface area contributed by atoms with Gasteiger partial charge in [-0.2, -0.15) is 5.10 Å². The molecule has 24 heavy (non-hydrogen) atoms. The molecule has 0 spiro atoms. The zero-order chi connectivity index (χ0) is 16.8. The van der Waals surface area contributed by atoms with Crippen molar-refractivity contribution in [3.8, 4) is 11.4 Å². The molecule has 0 bridgehead atoms. The largest absolute Gasteiger partial charge is 0.313 e. The van der Waals surface area contributed by atoms with Gasteiger partial charge in [-0.3, -0.25) is 15.0 Å². The van der Waals surface area contributed by atoms with Crippen LogP contribution in [0.1, 0.15) is 12.7 Å². The Hall–Kier alpha value is -1.83. The van der Waals surface area contributed by atoms with Crippen molar-refractivity contribution in [2.75, 3.05) is 46.3 Å². The third-order valence-corrected chi connectivity index (χ3v) is 4.43. The maximum absolute atomic E-state index is 4.54. The zero-order valence-electron chi connectivity index (χ0n) is 14.6. The van der Waals surface area contributed by atoms with Crippen LogP contribution in [0, 0.1) is 0 Å². The van der Waals surface area contributed by atoms with E-state index in [4.69, 9.17) is 0 Å². The molecule has 0 amide bonds. The number of piperazine rings is 1. The summed E-state index contributed by atoms with van der Waals surface area (Å²) in [5, 5.41) is 10.9. The van der Waals surface area contributed by atoms with E-state index in [1.54, 1.807) is 12.4 Å². The molecule has 2 aromatic heterocycles. The second-order valence-electron chi connectivity index (χ2n) is 6.56. The molecule has 1 atom stereocenters. The molecule has 0 aromatic carbocycles. The summed E-state index contributed by atoms with van der Waals surface area (Å²) in [6.07, 6.45) is 4.38. The molecule has 0 radical (unpaired) electrons. The van der Waals surface area contributed by atoms with Gasteiger partial charge in [-0.05, 0) is 26.1 Å². The molecular weight excluding hydrogens is 302 g/mol. The van der Waals surface area contributed by atoms with Crippen molar-refractivity contribution in [3.63, 3.8) is 0 Å². The van der Waals surface area contributed by atoms with Gasteiger partial charge >= 0.3 is 0 Å². The molecule has 0 saturated carbocycles. The molecule has 130 valence electrons. The summed E-state index contributed by atoms with van der Waals surface area (Å²) in [4.78, 5) is 13.6. The first kappa shape index (κ1) is 17.0. The van der Waals surface area contributed by atoms with E-state index in [1.807, 2.05) is 12.1 Å². The number of hydrogen-bond acceptors (Lipinski definition) is 6. The van der Waals surface area contributed by atoms with Gasteiger partial charge in [0, 0.05) is 69.7 Å². The molecule has 1 fully saturated rings. The predicted octanol–water partition coefficient (Wildman–Crippen LogP) is 0.635. The number of aromatic nitrogens is 4. The third kappa shape index (κ3) is 4.83. The van der Waals surface area contributed by atoms with Gasteiger partial charge in [0.05, 0.1) is 0 Å². The number of rotatable bonds is 7. The number of aromatic amines is 1. The maximum atomic E-state index is 4.54. The van der Waals surface area contributed by atoms with Crippen molar-refractivity contribution in [2.24, 2.45) is 0 Å². The molecule has 3 rings (SSSR count). The third-order valence-electron chi connectivity index (χ3n) is 4.43. The number of hydrogen-bond donors (Lipinski definition) is 2. The Bertz CT molecular complexity index is 604. The lowest BCUT2D eigenvalue weighted by Crippen LogP contribution is -2.49. The van der Waals surface area contributed by atoms with Crippen LogP contribution in [-0.4, -0.2) is 82.3 Å². The minimum atomic E-state index is 0.481. The van der Waals surface area contributed by atoms with Crippen LogP contribution in [0.15, 0.2) is 24.5 Å². The van der Waals surface area contributed by atoms with Gasteiger partial charge in [0.1, 0.15) is 5.82 Å². The van der Waals surface area contributed by atoms with E-state index in [9.17, 15) is 0 Å². The lowest BCUT2D eigenvalue weighted by Gasteiger charge is -2.34. The summed E-state index contributed by atoms with van der Waals surface area (Å²) >= 11 is 0. The van der Waals surface area contributed by atoms with E-state index in [2.05, 4.69) is 49.3 Å². The Morgan fingerprint density at radius 2 is 2.12 bits per heavy atom. The highest BCUT2D eigenvalue weighted by Crippen LogP contribution is 2.11. The van der Waals surface area contributed by atoms with E-state index >= 15 is 0 Å². The highest BCUT2D eigenvalue weighted by Gasteiger charge is 2.15. The average Bonchev–Trinajstić information content (AvgIpc) is 3.07. The second kappa shape index (κ2) is 8.32. The first-order chi connectivity index (χ1) is 11.7. The van der Waals surface area contributed by atoms with Crippen molar-refractivity contribution >= 4 is 0 Å². The van der Waals surface area contributed by atoms with Gasteiger partial charge in [-0.1, -0.05) is 0 Å². The van der Waals surface area contributed by atoms with Gasteiger partial charge in [0.2, 0.25) is 0 Å². The van der Waals surface area contributed by atoms with E-state index < -0.39 is 0 Å². The fourth-order valence-corrected chi connectivity index (χ4v) is 2.95. The predicted molar refractivity (Wildman–Crippen MR) is 94.7 cm³/mol. The van der Waals surface area contributed by atoms with Gasteiger partial charge in [-0.25, -0.2) is 4.98 Å². The van der Waals surface area contributed by atoms with E-state index in [1.165, 1.54) is 26.2 Å². The Labute approximate surface area is 143 Å². The van der Waals surface area contributed by atoms with Crippen molar-refractivity contribution in [1.82, 2.24) is 35.3 Å². The molecule has 7 nitrogen and oxygen atoms in total. The fraction of sp³-hybridized carbons (Fsp3) is 0.588. The molecule has 1 aliphatic rings. The van der Waals surface area contributed by atoms with Crippen LogP contribution in [0.25, 0.3) is 11.4 Å². The molecule has 1 unspecified atom stereocenters. The number of nitrogens with one attached hydrogen (secondary N) is 2. The van der Waals surface area contributed by atoms with Crippen molar-refractivity contribution < 1.29 is 0 Å². The van der Waals surface area contributed by atoms with Crippen LogP contribution in [0.5, 0.6) is 0 Å². The topological polar surface area (TPSA) is 73.0 Å². The molecule has 3 heterocycles. The van der Waals surface area contributed by atoms with E-state index in [0.29, 0.717) is 11.9 Å². The number of likely N-dealkylation sites (N-methyl/N-ethyl adjacent to an activating group) is 1. The maximum Gasteiger partial charge on any atom is 0.182 e. The monoisotopic (exact) mass is 329 g/mol. The second-order valence-corrected chi connectivity index (χ2v) is 6.56. The van der Waals surface area contributed by atoms with Gasteiger partial charge in [0.25, 0.3) is 0 Å². The van der Waals surface area contributed by atoms with Crippen molar-refractivity contribution in [3.05, 3.63) is 30.4 Å². The molecule has 7 heteroatoms. The van der Waals surface area contributed by atoms with Crippen LogP contribution in [0.2, 0.25) is 0 Å². The Morgan fingerprint density at radius 3 is 2.88 bits per heavy atom. The summed E-state index contributed by atoms with van der Waals surface area (Å²) in [6, 6.07) is 4.35.